The lowest BCUT2D eigenvalue weighted by molar-refractivity contribution is -0.136. The Morgan fingerprint density at radius 2 is 2.00 bits per heavy atom. The zero-order valence-electron chi connectivity index (χ0n) is 19.8. The first-order valence-corrected chi connectivity index (χ1v) is 12.2. The van der Waals surface area contributed by atoms with Crippen molar-refractivity contribution in [2.24, 2.45) is 5.92 Å². The summed E-state index contributed by atoms with van der Waals surface area (Å²) in [6.45, 7) is 3.61. The van der Waals surface area contributed by atoms with Gasteiger partial charge in [0.05, 0.1) is 12.0 Å². The molecule has 2 aromatic rings. The second-order valence-electron chi connectivity index (χ2n) is 9.64. The Hall–Kier alpha value is -3.25. The molecule has 0 spiro atoms. The van der Waals surface area contributed by atoms with E-state index in [4.69, 9.17) is 9.47 Å². The molecule has 3 atom stereocenters. The monoisotopic (exact) mass is 474 g/mol. The molecule has 35 heavy (non-hydrogen) atoms. The lowest BCUT2D eigenvalue weighted by atomic mass is 9.81. The average molecular weight is 475 g/mol. The van der Waals surface area contributed by atoms with Crippen molar-refractivity contribution < 1.29 is 19.1 Å². The van der Waals surface area contributed by atoms with E-state index in [0.717, 1.165) is 48.3 Å². The number of fused-ring (bicyclic) bond motifs is 1. The largest absolute Gasteiger partial charge is 0.426 e. The quantitative estimate of drug-likeness (QED) is 0.486. The molecule has 2 saturated heterocycles. The van der Waals surface area contributed by atoms with Gasteiger partial charge in [-0.2, -0.15) is 5.26 Å². The Morgan fingerprint density at radius 1 is 1.23 bits per heavy atom. The summed E-state index contributed by atoms with van der Waals surface area (Å²) in [7, 11) is 2.06. The summed E-state index contributed by atoms with van der Waals surface area (Å²) in [6, 6.07) is 15.4. The molecule has 8 nitrogen and oxygen atoms in total. The molecule has 2 fully saturated rings. The first kappa shape index (κ1) is 23.5. The van der Waals surface area contributed by atoms with E-state index >= 15 is 0 Å². The molecule has 0 aliphatic carbocycles. The van der Waals surface area contributed by atoms with E-state index in [1.807, 2.05) is 36.4 Å². The number of nitriles is 1. The molecular weight excluding hydrogens is 444 g/mol. The number of rotatable bonds is 6. The van der Waals surface area contributed by atoms with Gasteiger partial charge in [-0.3, -0.25) is 9.59 Å². The van der Waals surface area contributed by atoms with Crippen LogP contribution in [0.2, 0.25) is 0 Å². The number of nitrogens with zero attached hydrogens (tertiary/aromatic N) is 2. The van der Waals surface area contributed by atoms with Crippen LogP contribution in [0.25, 0.3) is 11.1 Å². The standard InChI is InChI=1S/C27H30N4O4/c1-31-15-20(16-31)25-22-12-19(7-8-23(22)35-27(25)33)18-5-3-17(4-6-18)11-21(13-28)30-26(32)24-14-29-9-2-10-34-24/h3-8,12,20-21,24-25,29H,2,9-11,14-16H2,1H3,(H,30,32)/t21-,24-,25?/m0/s1. The summed E-state index contributed by atoms with van der Waals surface area (Å²) >= 11 is 0. The van der Waals surface area contributed by atoms with Gasteiger partial charge in [0.1, 0.15) is 17.9 Å². The SMILES string of the molecule is CN1CC(C2C(=O)Oc3ccc(-c4ccc(C[C@@H](C#N)NC(=O)[C@@H]5CNCCCO5)cc4)cc32)C1. The van der Waals surface area contributed by atoms with Crippen molar-refractivity contribution in [3.8, 4) is 22.9 Å². The number of likely N-dealkylation sites (tertiary alicyclic amines) is 1. The van der Waals surface area contributed by atoms with Gasteiger partial charge in [0.15, 0.2) is 0 Å². The number of amides is 1. The fraction of sp³-hybridized carbons (Fsp3) is 0.444. The van der Waals surface area contributed by atoms with E-state index in [-0.39, 0.29) is 17.8 Å². The van der Waals surface area contributed by atoms with Crippen LogP contribution in [-0.4, -0.2) is 68.8 Å². The van der Waals surface area contributed by atoms with Gasteiger partial charge in [-0.25, -0.2) is 0 Å². The molecule has 1 amide bonds. The third kappa shape index (κ3) is 5.08. The number of benzene rings is 2. The van der Waals surface area contributed by atoms with E-state index in [9.17, 15) is 14.9 Å². The third-order valence-electron chi connectivity index (χ3n) is 7.01. The predicted octanol–water partition coefficient (Wildman–Crippen LogP) is 1.85. The lowest BCUT2D eigenvalue weighted by Gasteiger charge is -2.38. The molecular formula is C27H30N4O4. The Balaban J connectivity index is 1.25. The van der Waals surface area contributed by atoms with E-state index in [1.54, 1.807) is 0 Å². The van der Waals surface area contributed by atoms with Crippen LogP contribution in [0.5, 0.6) is 5.75 Å². The molecule has 2 aromatic carbocycles. The number of carbonyl (C=O) groups is 2. The number of hydrogen-bond donors (Lipinski definition) is 2. The van der Waals surface area contributed by atoms with Crippen LogP contribution in [0, 0.1) is 17.2 Å². The summed E-state index contributed by atoms with van der Waals surface area (Å²) in [4.78, 5) is 27.2. The van der Waals surface area contributed by atoms with E-state index in [1.165, 1.54) is 0 Å². The number of carbonyl (C=O) groups excluding carboxylic acids is 2. The van der Waals surface area contributed by atoms with Gasteiger partial charge >= 0.3 is 5.97 Å². The highest BCUT2D eigenvalue weighted by atomic mass is 16.5. The molecule has 8 heteroatoms. The number of hydrogen-bond acceptors (Lipinski definition) is 7. The minimum atomic E-state index is -0.635. The third-order valence-corrected chi connectivity index (χ3v) is 7.01. The van der Waals surface area contributed by atoms with Crippen LogP contribution in [0.4, 0.5) is 0 Å². The predicted molar refractivity (Wildman–Crippen MR) is 130 cm³/mol. The van der Waals surface area contributed by atoms with Crippen molar-refractivity contribution in [2.45, 2.75) is 30.9 Å². The molecule has 1 unspecified atom stereocenters. The van der Waals surface area contributed by atoms with Crippen molar-refractivity contribution in [1.82, 2.24) is 15.5 Å². The Labute approximate surface area is 205 Å². The molecule has 2 N–H and O–H groups in total. The zero-order chi connectivity index (χ0) is 24.4. The Kier molecular flexibility index (Phi) is 6.82. The van der Waals surface area contributed by atoms with Crippen molar-refractivity contribution in [2.75, 3.05) is 39.8 Å². The summed E-state index contributed by atoms with van der Waals surface area (Å²) in [6.07, 6.45) is 0.701. The summed E-state index contributed by atoms with van der Waals surface area (Å²) < 4.78 is 11.1. The highest BCUT2D eigenvalue weighted by Gasteiger charge is 2.43. The molecule has 0 aromatic heterocycles. The van der Waals surface area contributed by atoms with Crippen molar-refractivity contribution >= 4 is 11.9 Å². The first-order valence-electron chi connectivity index (χ1n) is 12.2. The average Bonchev–Trinajstić information content (AvgIpc) is 3.00. The van der Waals surface area contributed by atoms with Crippen molar-refractivity contribution in [1.29, 1.82) is 5.26 Å². The zero-order valence-corrected chi connectivity index (χ0v) is 19.8. The molecule has 0 radical (unpaired) electrons. The molecule has 0 saturated carbocycles. The van der Waals surface area contributed by atoms with Gasteiger partial charge in [0.2, 0.25) is 0 Å². The minimum absolute atomic E-state index is 0.153. The smallest absolute Gasteiger partial charge is 0.319 e. The van der Waals surface area contributed by atoms with Crippen LogP contribution < -0.4 is 15.4 Å². The van der Waals surface area contributed by atoms with Gasteiger partial charge in [0.25, 0.3) is 5.91 Å². The van der Waals surface area contributed by atoms with Crippen molar-refractivity contribution in [3.63, 3.8) is 0 Å². The Morgan fingerprint density at radius 3 is 2.74 bits per heavy atom. The van der Waals surface area contributed by atoms with Crippen LogP contribution in [-0.2, 0) is 20.7 Å². The van der Waals surface area contributed by atoms with Crippen LogP contribution in [0.1, 0.15) is 23.5 Å². The number of ether oxygens (including phenoxy) is 2. The van der Waals surface area contributed by atoms with E-state index in [0.29, 0.717) is 31.2 Å². The van der Waals surface area contributed by atoms with Crippen LogP contribution >= 0.6 is 0 Å². The highest BCUT2D eigenvalue weighted by Crippen LogP contribution is 2.43. The molecule has 3 heterocycles. The van der Waals surface area contributed by atoms with E-state index < -0.39 is 12.1 Å². The van der Waals surface area contributed by atoms with Gasteiger partial charge in [-0.1, -0.05) is 30.3 Å². The fourth-order valence-corrected chi connectivity index (χ4v) is 5.11. The van der Waals surface area contributed by atoms with Gasteiger partial charge < -0.3 is 25.0 Å². The molecule has 5 rings (SSSR count). The normalized spacial score (nSPS) is 23.4. The fourth-order valence-electron chi connectivity index (χ4n) is 5.11. The summed E-state index contributed by atoms with van der Waals surface area (Å²) in [5.74, 6) is 0.344. The number of esters is 1. The summed E-state index contributed by atoms with van der Waals surface area (Å²) in [5.41, 5.74) is 3.97. The maximum absolute atomic E-state index is 12.5. The van der Waals surface area contributed by atoms with Gasteiger partial charge in [-0.05, 0) is 48.8 Å². The first-order chi connectivity index (χ1) is 17.0. The molecule has 3 aliphatic heterocycles. The second-order valence-corrected chi connectivity index (χ2v) is 9.64. The summed E-state index contributed by atoms with van der Waals surface area (Å²) in [5, 5.41) is 15.6. The molecule has 0 bridgehead atoms. The minimum Gasteiger partial charge on any atom is -0.426 e. The molecule has 3 aliphatic rings. The topological polar surface area (TPSA) is 104 Å². The number of nitrogens with one attached hydrogen (secondary N) is 2. The van der Waals surface area contributed by atoms with Crippen LogP contribution in [0.15, 0.2) is 42.5 Å². The highest BCUT2D eigenvalue weighted by molar-refractivity contribution is 5.88. The van der Waals surface area contributed by atoms with Gasteiger partial charge in [-0.15, -0.1) is 0 Å². The molecule has 182 valence electrons. The second kappa shape index (κ2) is 10.2. The maximum atomic E-state index is 12.5. The lowest BCUT2D eigenvalue weighted by Crippen LogP contribution is -2.47. The van der Waals surface area contributed by atoms with Gasteiger partial charge in [0, 0.05) is 44.1 Å². The maximum Gasteiger partial charge on any atom is 0.319 e. The van der Waals surface area contributed by atoms with Crippen LogP contribution in [0.3, 0.4) is 0 Å². The Bertz CT molecular complexity index is 1130. The van der Waals surface area contributed by atoms with E-state index in [2.05, 4.69) is 34.7 Å². The van der Waals surface area contributed by atoms with Crippen molar-refractivity contribution in [3.05, 3.63) is 53.6 Å².